The van der Waals surface area contributed by atoms with Gasteiger partial charge < -0.3 is 15.4 Å². The predicted molar refractivity (Wildman–Crippen MR) is 138 cm³/mol. The lowest BCUT2D eigenvalue weighted by atomic mass is 9.85. The fraction of sp³-hybridized carbons (Fsp3) is 0.346. The molecule has 1 amide bonds. The van der Waals surface area contributed by atoms with Crippen molar-refractivity contribution < 1.29 is 9.90 Å². The summed E-state index contributed by atoms with van der Waals surface area (Å²) in [6, 6.07) is 7.55. The van der Waals surface area contributed by atoms with E-state index in [-0.39, 0.29) is 12.0 Å². The van der Waals surface area contributed by atoms with Crippen molar-refractivity contribution in [1.82, 2.24) is 10.3 Å². The number of carbonyl (C=O) groups is 1. The number of rotatable bonds is 7. The van der Waals surface area contributed by atoms with E-state index in [0.29, 0.717) is 23.0 Å². The van der Waals surface area contributed by atoms with Crippen molar-refractivity contribution in [2.75, 3.05) is 6.54 Å². The van der Waals surface area contributed by atoms with Crippen LogP contribution < -0.4 is 15.9 Å². The van der Waals surface area contributed by atoms with Crippen molar-refractivity contribution in [2.45, 2.75) is 45.1 Å². The normalized spacial score (nSPS) is 20.1. The molecule has 0 saturated heterocycles. The van der Waals surface area contributed by atoms with Gasteiger partial charge in [0.25, 0.3) is 5.91 Å². The standard InChI is InChI=1S/C26H30BrClN2O2/c1-3-22-24(16-17(2)27)30-23(13-8-18-4-9-20(28)10-5-18)25(22)26(32)29-15-14-19-6-11-21(31)12-7-19/h3-5,8-10,13,16,19,21,30-31H,2,6-7,11-12,14-15H2,1H3,(H,29,32)/b13-8+,22-3+,24-16+. The van der Waals surface area contributed by atoms with E-state index in [9.17, 15) is 9.90 Å². The maximum Gasteiger partial charge on any atom is 0.254 e. The van der Waals surface area contributed by atoms with Crippen molar-refractivity contribution in [1.29, 1.82) is 0 Å². The van der Waals surface area contributed by atoms with E-state index >= 15 is 0 Å². The molecule has 0 unspecified atom stereocenters. The summed E-state index contributed by atoms with van der Waals surface area (Å²) in [5, 5.41) is 15.2. The number of benzene rings is 1. The summed E-state index contributed by atoms with van der Waals surface area (Å²) in [5.41, 5.74) is 2.36. The third-order valence-electron chi connectivity index (χ3n) is 5.88. The van der Waals surface area contributed by atoms with Crippen molar-refractivity contribution in [3.63, 3.8) is 0 Å². The minimum Gasteiger partial charge on any atom is -0.393 e. The van der Waals surface area contributed by atoms with Gasteiger partial charge >= 0.3 is 0 Å². The largest absolute Gasteiger partial charge is 0.393 e. The van der Waals surface area contributed by atoms with Crippen LogP contribution in [0.2, 0.25) is 5.02 Å². The molecular formula is C26H30BrClN2O2. The van der Waals surface area contributed by atoms with Crippen LogP contribution in [0.3, 0.4) is 0 Å². The van der Waals surface area contributed by atoms with Crippen LogP contribution in [0.25, 0.3) is 24.3 Å². The third kappa shape index (κ3) is 6.71. The highest BCUT2D eigenvalue weighted by atomic mass is 79.9. The predicted octanol–water partition coefficient (Wildman–Crippen LogP) is 5.00. The Balaban J connectivity index is 1.83. The minimum atomic E-state index is -0.155. The number of aromatic nitrogens is 1. The van der Waals surface area contributed by atoms with E-state index in [0.717, 1.165) is 58.4 Å². The van der Waals surface area contributed by atoms with Crippen LogP contribution in [-0.4, -0.2) is 28.6 Å². The Hall–Kier alpha value is -2.08. The van der Waals surface area contributed by atoms with Crippen molar-refractivity contribution >= 4 is 57.7 Å². The van der Waals surface area contributed by atoms with Crippen molar-refractivity contribution in [3.05, 3.63) is 67.7 Å². The first-order chi connectivity index (χ1) is 15.4. The lowest BCUT2D eigenvalue weighted by Gasteiger charge is -2.25. The molecule has 1 saturated carbocycles. The lowest BCUT2D eigenvalue weighted by molar-refractivity contribution is 0.0931. The van der Waals surface area contributed by atoms with Crippen LogP contribution in [0.15, 0.2) is 35.3 Å². The van der Waals surface area contributed by atoms with Gasteiger partial charge in [-0.15, -0.1) is 0 Å². The molecule has 2 aromatic rings. The molecule has 1 aliphatic carbocycles. The summed E-state index contributed by atoms with van der Waals surface area (Å²) in [5.74, 6) is 0.466. The van der Waals surface area contributed by atoms with E-state index in [2.05, 4.69) is 32.8 Å². The number of H-pyrrole nitrogens is 1. The molecule has 1 fully saturated rings. The van der Waals surface area contributed by atoms with Crippen LogP contribution in [0, 0.1) is 5.92 Å². The van der Waals surface area contributed by atoms with E-state index in [1.807, 2.05) is 55.5 Å². The molecule has 1 heterocycles. The molecule has 0 spiro atoms. The highest BCUT2D eigenvalue weighted by Gasteiger charge is 2.20. The summed E-state index contributed by atoms with van der Waals surface area (Å²) < 4.78 is 0.724. The quantitative estimate of drug-likeness (QED) is 0.484. The average molecular weight is 518 g/mol. The SMILES string of the molecule is C=C(Br)/C=c1/[nH]c(/C=C/c2ccc(Cl)cc2)c(C(=O)NCCC2CCC(O)CC2)/c1=C/C. The minimum absolute atomic E-state index is 0.0965. The highest BCUT2D eigenvalue weighted by Crippen LogP contribution is 2.26. The molecule has 6 heteroatoms. The molecule has 3 rings (SSSR count). The maximum atomic E-state index is 13.2. The Morgan fingerprint density at radius 2 is 1.94 bits per heavy atom. The molecule has 0 radical (unpaired) electrons. The van der Waals surface area contributed by atoms with Gasteiger partial charge in [0.15, 0.2) is 0 Å². The Kier molecular flexibility index (Phi) is 8.97. The second-order valence-electron chi connectivity index (χ2n) is 8.22. The van der Waals surface area contributed by atoms with Gasteiger partial charge in [0.2, 0.25) is 0 Å². The molecule has 0 bridgehead atoms. The van der Waals surface area contributed by atoms with E-state index in [1.54, 1.807) is 0 Å². The summed E-state index contributed by atoms with van der Waals surface area (Å²) in [6.07, 6.45) is 12.2. The average Bonchev–Trinajstić information content (AvgIpc) is 3.11. The second-order valence-corrected chi connectivity index (χ2v) is 9.68. The molecule has 0 aliphatic heterocycles. The first kappa shape index (κ1) is 24.6. The number of nitrogens with one attached hydrogen (secondary N) is 2. The molecular weight excluding hydrogens is 488 g/mol. The van der Waals surface area contributed by atoms with Gasteiger partial charge in [-0.1, -0.05) is 58.4 Å². The number of amides is 1. The summed E-state index contributed by atoms with van der Waals surface area (Å²) in [6.45, 7) is 6.44. The molecule has 1 aromatic carbocycles. The summed E-state index contributed by atoms with van der Waals surface area (Å²) in [4.78, 5) is 16.6. The Morgan fingerprint density at radius 3 is 2.56 bits per heavy atom. The Bertz CT molecular complexity index is 1090. The zero-order valence-electron chi connectivity index (χ0n) is 18.3. The molecule has 1 aliphatic rings. The number of aliphatic hydroxyl groups excluding tert-OH is 1. The topological polar surface area (TPSA) is 65.1 Å². The van der Waals surface area contributed by atoms with Crippen LogP contribution >= 0.6 is 27.5 Å². The van der Waals surface area contributed by atoms with E-state index < -0.39 is 0 Å². The third-order valence-corrected chi connectivity index (χ3v) is 6.36. The molecule has 170 valence electrons. The van der Waals surface area contributed by atoms with Gasteiger partial charge in [0, 0.05) is 26.6 Å². The van der Waals surface area contributed by atoms with Gasteiger partial charge in [-0.2, -0.15) is 0 Å². The number of allylic oxidation sites excluding steroid dienone is 1. The lowest BCUT2D eigenvalue weighted by Crippen LogP contribution is -2.34. The zero-order valence-corrected chi connectivity index (χ0v) is 20.7. The number of hydrogen-bond donors (Lipinski definition) is 3. The monoisotopic (exact) mass is 516 g/mol. The van der Waals surface area contributed by atoms with Crippen LogP contribution in [-0.2, 0) is 0 Å². The Labute approximate surface area is 202 Å². The van der Waals surface area contributed by atoms with Crippen LogP contribution in [0.4, 0.5) is 0 Å². The van der Waals surface area contributed by atoms with Gasteiger partial charge in [-0.3, -0.25) is 4.79 Å². The summed E-state index contributed by atoms with van der Waals surface area (Å²) in [7, 11) is 0. The number of carbonyl (C=O) groups excluding carboxylic acids is 1. The van der Waals surface area contributed by atoms with Gasteiger partial charge in [0.05, 0.1) is 17.4 Å². The Morgan fingerprint density at radius 1 is 1.25 bits per heavy atom. The highest BCUT2D eigenvalue weighted by molar-refractivity contribution is 9.12. The number of aliphatic hydroxyl groups is 1. The van der Waals surface area contributed by atoms with Gasteiger partial charge in [-0.25, -0.2) is 0 Å². The fourth-order valence-corrected chi connectivity index (χ4v) is 4.51. The molecule has 4 nitrogen and oxygen atoms in total. The van der Waals surface area contributed by atoms with Crippen molar-refractivity contribution in [2.24, 2.45) is 5.92 Å². The maximum absolute atomic E-state index is 13.2. The zero-order chi connectivity index (χ0) is 23.1. The van der Waals surface area contributed by atoms with Crippen LogP contribution in [0.5, 0.6) is 0 Å². The van der Waals surface area contributed by atoms with E-state index in [1.165, 1.54) is 0 Å². The van der Waals surface area contributed by atoms with E-state index in [4.69, 9.17) is 11.6 Å². The number of aromatic amines is 1. The van der Waals surface area contributed by atoms with Gasteiger partial charge in [-0.05, 0) is 74.8 Å². The molecule has 3 N–H and O–H groups in total. The molecule has 1 aromatic heterocycles. The smallest absolute Gasteiger partial charge is 0.254 e. The fourth-order valence-electron chi connectivity index (χ4n) is 4.16. The number of hydrogen-bond acceptors (Lipinski definition) is 2. The molecule has 32 heavy (non-hydrogen) atoms. The van der Waals surface area contributed by atoms with Gasteiger partial charge in [0.1, 0.15) is 0 Å². The molecule has 0 atom stereocenters. The number of halogens is 2. The first-order valence-corrected chi connectivity index (χ1v) is 12.2. The summed E-state index contributed by atoms with van der Waals surface area (Å²) >= 11 is 9.37. The second kappa shape index (κ2) is 11.7. The van der Waals surface area contributed by atoms with Crippen LogP contribution in [0.1, 0.15) is 60.6 Å². The van der Waals surface area contributed by atoms with Crippen molar-refractivity contribution in [3.8, 4) is 0 Å². The first-order valence-electron chi connectivity index (χ1n) is 11.0.